The van der Waals surface area contributed by atoms with Gasteiger partial charge in [0.15, 0.2) is 0 Å². The van der Waals surface area contributed by atoms with Gasteiger partial charge in [0, 0.05) is 26.1 Å². The van der Waals surface area contributed by atoms with Crippen molar-refractivity contribution in [1.82, 2.24) is 9.88 Å². The van der Waals surface area contributed by atoms with E-state index in [0.717, 1.165) is 32.6 Å². The van der Waals surface area contributed by atoms with E-state index in [1.807, 2.05) is 0 Å². The average molecular weight is 228 g/mol. The van der Waals surface area contributed by atoms with Gasteiger partial charge >= 0.3 is 0 Å². The zero-order valence-electron chi connectivity index (χ0n) is 9.97. The van der Waals surface area contributed by atoms with Gasteiger partial charge in [0.25, 0.3) is 0 Å². The van der Waals surface area contributed by atoms with E-state index < -0.39 is 0 Å². The summed E-state index contributed by atoms with van der Waals surface area (Å²) in [4.78, 5) is 5.71. The second kappa shape index (κ2) is 4.72. The lowest BCUT2D eigenvalue weighted by Crippen LogP contribution is -2.38. The Hall–Kier alpha value is -1.61. The molecule has 1 aromatic carbocycles. The van der Waals surface area contributed by atoms with Gasteiger partial charge in [-0.1, -0.05) is 30.3 Å². The van der Waals surface area contributed by atoms with Gasteiger partial charge in [-0.05, 0) is 5.56 Å². The summed E-state index contributed by atoms with van der Waals surface area (Å²) in [5.74, 6) is 0. The highest BCUT2D eigenvalue weighted by Gasteiger charge is 2.17. The predicted molar refractivity (Wildman–Crippen MR) is 66.4 cm³/mol. The Balaban J connectivity index is 1.66. The Morgan fingerprint density at radius 3 is 2.94 bits per heavy atom. The highest BCUT2D eigenvalue weighted by atomic mass is 15.2. The van der Waals surface area contributed by atoms with Crippen LogP contribution in [0.15, 0.2) is 42.9 Å². The summed E-state index contributed by atoms with van der Waals surface area (Å²) in [6.45, 7) is 4.43. The van der Waals surface area contributed by atoms with Gasteiger partial charge in [-0.15, -0.1) is 0 Å². The van der Waals surface area contributed by atoms with E-state index in [4.69, 9.17) is 0 Å². The van der Waals surface area contributed by atoms with Crippen molar-refractivity contribution in [3.8, 4) is 0 Å². The van der Waals surface area contributed by atoms with E-state index in [2.05, 4.69) is 57.3 Å². The molecule has 1 aliphatic heterocycles. The highest BCUT2D eigenvalue weighted by Crippen LogP contribution is 2.07. The molecule has 1 aromatic heterocycles. The van der Waals surface area contributed by atoms with E-state index in [9.17, 15) is 0 Å². The Kier molecular flexibility index (Phi) is 2.92. The largest absolute Gasteiger partial charge is 0.295 e. The zero-order valence-corrected chi connectivity index (χ0v) is 9.97. The van der Waals surface area contributed by atoms with Crippen LogP contribution in [0.1, 0.15) is 11.3 Å². The van der Waals surface area contributed by atoms with Crippen LogP contribution in [0.2, 0.25) is 0 Å². The fourth-order valence-corrected chi connectivity index (χ4v) is 2.45. The smallest absolute Gasteiger partial charge is 0.241 e. The van der Waals surface area contributed by atoms with Crippen LogP contribution in [-0.4, -0.2) is 23.0 Å². The predicted octanol–water partition coefficient (Wildman–Crippen LogP) is 1.36. The fraction of sp³-hybridized carbons (Fsp3) is 0.357. The van der Waals surface area contributed by atoms with Crippen LogP contribution >= 0.6 is 0 Å². The number of aromatic amines is 1. The third kappa shape index (κ3) is 2.39. The molecule has 2 heterocycles. The molecule has 88 valence electrons. The van der Waals surface area contributed by atoms with Gasteiger partial charge in [0.1, 0.15) is 18.4 Å². The summed E-state index contributed by atoms with van der Waals surface area (Å²) in [5, 5.41) is 0. The summed E-state index contributed by atoms with van der Waals surface area (Å²) in [6.07, 6.45) is 5.32. The van der Waals surface area contributed by atoms with E-state index in [0.29, 0.717) is 0 Å². The second-order valence-corrected chi connectivity index (χ2v) is 4.64. The Morgan fingerprint density at radius 2 is 2.06 bits per heavy atom. The third-order valence-electron chi connectivity index (χ3n) is 3.44. The Morgan fingerprint density at radius 1 is 1.18 bits per heavy atom. The van der Waals surface area contributed by atoms with Crippen LogP contribution in [0.5, 0.6) is 0 Å². The molecule has 3 heteroatoms. The monoisotopic (exact) mass is 228 g/mol. The summed E-state index contributed by atoms with van der Waals surface area (Å²) in [7, 11) is 0. The third-order valence-corrected chi connectivity index (χ3v) is 3.44. The first-order valence-corrected chi connectivity index (χ1v) is 6.23. The summed E-state index contributed by atoms with van der Waals surface area (Å²) in [6, 6.07) is 10.7. The lowest BCUT2D eigenvalue weighted by Gasteiger charge is -2.18. The van der Waals surface area contributed by atoms with E-state index in [-0.39, 0.29) is 0 Å². The normalized spacial score (nSPS) is 16.5. The molecule has 0 saturated carbocycles. The molecule has 1 N–H and O–H groups in total. The molecule has 0 bridgehead atoms. The molecule has 3 nitrogen and oxygen atoms in total. The zero-order chi connectivity index (χ0) is 11.5. The van der Waals surface area contributed by atoms with Crippen LogP contribution < -0.4 is 4.57 Å². The maximum absolute atomic E-state index is 3.18. The number of nitrogens with one attached hydrogen (secondary N) is 1. The SMILES string of the molecule is c1ccc(CN2CCc3c[nH]c[n+]3CC2)cc1. The van der Waals surface area contributed by atoms with Crippen LogP contribution in [-0.2, 0) is 19.5 Å². The summed E-state index contributed by atoms with van der Waals surface area (Å²) >= 11 is 0. The van der Waals surface area contributed by atoms with Gasteiger partial charge in [-0.3, -0.25) is 4.90 Å². The van der Waals surface area contributed by atoms with E-state index >= 15 is 0 Å². The first-order valence-electron chi connectivity index (χ1n) is 6.23. The molecule has 0 radical (unpaired) electrons. The van der Waals surface area contributed by atoms with Crippen molar-refractivity contribution in [3.63, 3.8) is 0 Å². The van der Waals surface area contributed by atoms with Crippen molar-refractivity contribution in [2.75, 3.05) is 13.1 Å². The molecule has 0 atom stereocenters. The van der Waals surface area contributed by atoms with Crippen molar-refractivity contribution in [3.05, 3.63) is 54.1 Å². The molecule has 0 fully saturated rings. The fourth-order valence-electron chi connectivity index (χ4n) is 2.45. The molecule has 3 rings (SSSR count). The van der Waals surface area contributed by atoms with Gasteiger partial charge in [-0.2, -0.15) is 0 Å². The molecule has 1 aliphatic rings. The molecule has 0 spiro atoms. The number of imidazole rings is 1. The molecule has 0 saturated heterocycles. The van der Waals surface area contributed by atoms with Gasteiger partial charge < -0.3 is 0 Å². The molecule has 2 aromatic rings. The van der Waals surface area contributed by atoms with Crippen LogP contribution in [0.25, 0.3) is 0 Å². The van der Waals surface area contributed by atoms with E-state index in [1.54, 1.807) is 0 Å². The van der Waals surface area contributed by atoms with Crippen LogP contribution in [0.3, 0.4) is 0 Å². The number of fused-ring (bicyclic) bond motifs is 1. The topological polar surface area (TPSA) is 22.9 Å². The summed E-state index contributed by atoms with van der Waals surface area (Å²) < 4.78 is 2.32. The van der Waals surface area contributed by atoms with Crippen LogP contribution in [0, 0.1) is 0 Å². The van der Waals surface area contributed by atoms with Gasteiger partial charge in [0.05, 0.1) is 0 Å². The molecular formula is C14H18N3+. The van der Waals surface area contributed by atoms with Crippen molar-refractivity contribution < 1.29 is 4.57 Å². The number of hydrogen-bond acceptors (Lipinski definition) is 1. The lowest BCUT2D eigenvalue weighted by molar-refractivity contribution is -0.700. The minimum Gasteiger partial charge on any atom is -0.295 e. The van der Waals surface area contributed by atoms with E-state index in [1.165, 1.54) is 11.3 Å². The quantitative estimate of drug-likeness (QED) is 0.771. The van der Waals surface area contributed by atoms with Gasteiger partial charge in [0.2, 0.25) is 6.33 Å². The average Bonchev–Trinajstić information content (AvgIpc) is 2.74. The number of aromatic nitrogens is 2. The van der Waals surface area contributed by atoms with Crippen LogP contribution in [0.4, 0.5) is 0 Å². The van der Waals surface area contributed by atoms with Crippen molar-refractivity contribution >= 4 is 0 Å². The maximum Gasteiger partial charge on any atom is 0.241 e. The number of nitrogens with zero attached hydrogens (tertiary/aromatic N) is 2. The first-order chi connectivity index (χ1) is 8.42. The maximum atomic E-state index is 3.18. The minimum absolute atomic E-state index is 1.06. The number of rotatable bonds is 2. The standard InChI is InChI=1S/C14H17N3/c1-2-4-13(5-3-1)11-16-7-6-14-10-15-12-17(14)9-8-16/h1-5,10,12H,6-9,11H2/p+1. The molecular weight excluding hydrogens is 210 g/mol. The van der Waals surface area contributed by atoms with Crippen molar-refractivity contribution in [1.29, 1.82) is 0 Å². The molecule has 17 heavy (non-hydrogen) atoms. The lowest BCUT2D eigenvalue weighted by atomic mass is 10.2. The molecule has 0 aliphatic carbocycles. The minimum atomic E-state index is 1.06. The molecule has 0 unspecified atom stereocenters. The Bertz CT molecular complexity index is 453. The Labute approximate surface area is 102 Å². The number of benzene rings is 1. The number of H-pyrrole nitrogens is 1. The first kappa shape index (κ1) is 10.5. The molecule has 0 amide bonds. The van der Waals surface area contributed by atoms with Gasteiger partial charge in [-0.25, -0.2) is 9.55 Å². The highest BCUT2D eigenvalue weighted by molar-refractivity contribution is 5.14. The van der Waals surface area contributed by atoms with Crippen molar-refractivity contribution in [2.24, 2.45) is 0 Å². The summed E-state index contributed by atoms with van der Waals surface area (Å²) in [5.41, 5.74) is 2.83. The second-order valence-electron chi connectivity index (χ2n) is 4.64. The van der Waals surface area contributed by atoms with Crippen molar-refractivity contribution in [2.45, 2.75) is 19.5 Å². The number of hydrogen-bond donors (Lipinski definition) is 1.